The molecular weight excluding hydrogens is 937 g/mol. The zero-order valence-electron chi connectivity index (χ0n) is 32.0. The van der Waals surface area contributed by atoms with Crippen LogP contribution in [0.1, 0.15) is 121 Å². The Bertz CT molecular complexity index is 1460. The Morgan fingerprint density at radius 2 is 1.16 bits per heavy atom. The van der Waals surface area contributed by atoms with Crippen molar-refractivity contribution in [2.75, 3.05) is 37.0 Å². The van der Waals surface area contributed by atoms with Crippen molar-refractivity contribution < 1.29 is 22.8 Å². The number of ether oxygens (including phenoxy) is 1. The maximum atomic E-state index is 12.3. The summed E-state index contributed by atoms with van der Waals surface area (Å²) < 4.78 is 8.25. The van der Waals surface area contributed by atoms with E-state index < -0.39 is 14.6 Å². The van der Waals surface area contributed by atoms with Gasteiger partial charge in [0.2, 0.25) is 0 Å². The van der Waals surface area contributed by atoms with Crippen LogP contribution in [0.4, 0.5) is 11.4 Å². The van der Waals surface area contributed by atoms with Crippen molar-refractivity contribution in [3.8, 4) is 5.75 Å². The molecule has 9 heteroatoms. The molecule has 0 spiro atoms. The van der Waals surface area contributed by atoms with Gasteiger partial charge >= 0.3 is 154 Å². The van der Waals surface area contributed by atoms with Crippen LogP contribution in [0.15, 0.2) is 60.7 Å². The van der Waals surface area contributed by atoms with Crippen molar-refractivity contribution in [2.45, 2.75) is 99.0 Å². The molecule has 0 aliphatic carbocycles. The Kier molecular flexibility index (Phi) is 17.2. The van der Waals surface area contributed by atoms with Gasteiger partial charge in [0.05, 0.1) is 0 Å². The monoisotopic (exact) mass is 996 g/mol. The van der Waals surface area contributed by atoms with Crippen molar-refractivity contribution in [3.63, 3.8) is 0 Å². The fourth-order valence-electron chi connectivity index (χ4n) is 6.16. The summed E-state index contributed by atoms with van der Waals surface area (Å²) in [6.07, 6.45) is -0.562. The van der Waals surface area contributed by atoms with Crippen LogP contribution < -0.4 is 14.5 Å². The first-order valence-electron chi connectivity index (χ1n) is 17.6. The third-order valence-electron chi connectivity index (χ3n) is 8.91. The van der Waals surface area contributed by atoms with Crippen molar-refractivity contribution in [2.24, 2.45) is 5.92 Å². The molecule has 3 aromatic carbocycles. The van der Waals surface area contributed by atoms with E-state index in [1.54, 1.807) is 7.05 Å². The Hall–Kier alpha value is -1.56. The molecule has 278 valence electrons. The zero-order chi connectivity index (χ0) is 37.3. The van der Waals surface area contributed by atoms with Gasteiger partial charge in [-0.2, -0.15) is 6.67 Å². The summed E-state index contributed by atoms with van der Waals surface area (Å²) in [6.45, 7) is 26.8. The molecule has 4 rings (SSSR count). The second-order valence-corrected chi connectivity index (χ2v) is 34.2. The number of carbonyl (C=O) groups excluding carboxylic acids is 1. The molecule has 1 fully saturated rings. The second kappa shape index (κ2) is 20.0. The van der Waals surface area contributed by atoms with E-state index in [0.717, 1.165) is 24.4 Å². The van der Waals surface area contributed by atoms with Gasteiger partial charge in [-0.3, -0.25) is 0 Å². The van der Waals surface area contributed by atoms with Crippen LogP contribution in [-0.4, -0.2) is 48.9 Å². The van der Waals surface area contributed by atoms with E-state index in [2.05, 4.69) is 152 Å². The summed E-state index contributed by atoms with van der Waals surface area (Å²) in [6, 6.07) is 21.5. The van der Waals surface area contributed by atoms with Gasteiger partial charge in [-0.15, -0.1) is 0 Å². The van der Waals surface area contributed by atoms with Gasteiger partial charge in [-0.25, -0.2) is 0 Å². The Balaban J connectivity index is 0.000000286. The molecule has 0 N–H and O–H groups in total. The first-order valence-corrected chi connectivity index (χ1v) is 29.0. The van der Waals surface area contributed by atoms with Crippen LogP contribution in [0.5, 0.6) is 5.75 Å². The van der Waals surface area contributed by atoms with Crippen molar-refractivity contribution in [1.82, 2.24) is 5.06 Å². The predicted molar refractivity (Wildman–Crippen MR) is 227 cm³/mol. The summed E-state index contributed by atoms with van der Waals surface area (Å²) in [5.41, 5.74) is 9.72. The molecule has 3 aromatic rings. The molecule has 0 saturated carbocycles. The van der Waals surface area contributed by atoms with Crippen LogP contribution in [-0.2, 0) is 18.1 Å². The van der Waals surface area contributed by atoms with E-state index in [4.69, 9.17) is 9.57 Å². The van der Waals surface area contributed by atoms with E-state index in [9.17, 15) is 4.79 Å². The van der Waals surface area contributed by atoms with Gasteiger partial charge in [0, 0.05) is 24.5 Å². The summed E-state index contributed by atoms with van der Waals surface area (Å²) in [7, 11) is 2.10. The number of hydrogen-bond acceptors (Lipinski definition) is 5. The number of para-hydroxylation sites is 3. The minimum absolute atomic E-state index is 0.0517. The van der Waals surface area contributed by atoms with Crippen LogP contribution in [0, 0.1) is 12.6 Å². The first-order chi connectivity index (χ1) is 23.6. The van der Waals surface area contributed by atoms with Gasteiger partial charge < -0.3 is 9.80 Å². The standard InChI is InChI=1S/C27H39N2.C14H19NO3.2HI.Ru/c1-18(2)22-11-9-12-23(19(3)4)26(22)28-15-16-29(17-28)27-24(20(5)6)13-10-14-25(27)21(7)8;1-10(2)13(14(16)15(4)17-5)18-12-9-7-6-8-11(12)3;;;/h9-14,17-21H,15-16H2,1-8H3;3,6-10,13H,1-2,4-5H3;2*1H;/q-1;;;;+2/p-2. The van der Waals surface area contributed by atoms with Gasteiger partial charge in [-0.05, 0) is 45.9 Å². The molecule has 1 unspecified atom stereocenters. The molecule has 1 amide bonds. The van der Waals surface area contributed by atoms with Crippen molar-refractivity contribution in [3.05, 3.63) is 95.1 Å². The SMILES string of the molecule is CC(C)c1cccc(C(C)C)c1N1[CH-]N(c2c(C(C)C)cccc2C(C)C)CC1.CON(C)C(=O)C(Oc1ccccc1[CH]=[Ru]([I])[I])C(C)C. The maximum absolute atomic E-state index is 12.3. The van der Waals surface area contributed by atoms with E-state index in [0.29, 0.717) is 23.7 Å². The van der Waals surface area contributed by atoms with E-state index in [1.165, 1.54) is 45.8 Å². The molecule has 6 nitrogen and oxygen atoms in total. The number of nitrogens with zero attached hydrogens (tertiary/aromatic N) is 3. The molecule has 1 aliphatic heterocycles. The third kappa shape index (κ3) is 11.2. The number of hydrogen-bond donors (Lipinski definition) is 0. The molecule has 1 atom stereocenters. The summed E-state index contributed by atoms with van der Waals surface area (Å²) in [5.74, 6) is 2.68. The van der Waals surface area contributed by atoms with E-state index in [-0.39, 0.29) is 11.8 Å². The summed E-state index contributed by atoms with van der Waals surface area (Å²) >= 11 is 4.93. The number of benzene rings is 3. The van der Waals surface area contributed by atoms with Gasteiger partial charge in [0.15, 0.2) is 0 Å². The average Bonchev–Trinajstić information content (AvgIpc) is 3.56. The molecule has 1 aliphatic rings. The number of amides is 1. The molecule has 0 aromatic heterocycles. The van der Waals surface area contributed by atoms with Gasteiger partial charge in [0.1, 0.15) is 0 Å². The van der Waals surface area contributed by atoms with Crippen molar-refractivity contribution >= 4 is 61.4 Å². The van der Waals surface area contributed by atoms with Gasteiger partial charge in [0.25, 0.3) is 0 Å². The van der Waals surface area contributed by atoms with Crippen molar-refractivity contribution in [1.29, 1.82) is 0 Å². The Morgan fingerprint density at radius 3 is 1.52 bits per heavy atom. The predicted octanol–water partition coefficient (Wildman–Crippen LogP) is 11.2. The number of carbonyl (C=O) groups is 1. The number of anilines is 2. The number of halogens is 2. The fraction of sp³-hybridized carbons (Fsp3) is 0.488. The first kappa shape index (κ1) is 42.9. The van der Waals surface area contributed by atoms with Crippen LogP contribution in [0.2, 0.25) is 0 Å². The minimum atomic E-state index is -0.971. The third-order valence-corrected chi connectivity index (χ3v) is 12.4. The molecular formula is C41H58I2N3O3Ru-. The zero-order valence-corrected chi connectivity index (χ0v) is 38.0. The molecule has 0 radical (unpaired) electrons. The molecule has 0 bridgehead atoms. The number of rotatable bonds is 12. The normalized spacial score (nSPS) is 14.0. The molecule has 1 heterocycles. The fourth-order valence-corrected chi connectivity index (χ4v) is 9.79. The second-order valence-electron chi connectivity index (χ2n) is 14.3. The molecule has 50 heavy (non-hydrogen) atoms. The quantitative estimate of drug-likeness (QED) is 0.0783. The van der Waals surface area contributed by atoms with E-state index >= 15 is 0 Å². The van der Waals surface area contributed by atoms with Crippen LogP contribution >= 0.6 is 39.5 Å². The number of likely N-dealkylation sites (N-methyl/N-ethyl adjacent to an activating group) is 1. The van der Waals surface area contributed by atoms with Gasteiger partial charge in [-0.1, -0.05) is 91.8 Å². The summed E-state index contributed by atoms with van der Waals surface area (Å²) in [4.78, 5) is 22.3. The Morgan fingerprint density at radius 1 is 0.740 bits per heavy atom. The van der Waals surface area contributed by atoms with Crippen LogP contribution in [0.3, 0.4) is 0 Å². The Labute approximate surface area is 329 Å². The molecule has 1 saturated heterocycles. The number of hydroxylamine groups is 2. The van der Waals surface area contributed by atoms with E-state index in [1.807, 2.05) is 38.1 Å². The van der Waals surface area contributed by atoms with Crippen LogP contribution in [0.25, 0.3) is 0 Å². The average molecular weight is 996 g/mol. The summed E-state index contributed by atoms with van der Waals surface area (Å²) in [5, 5.41) is 1.21. The topological polar surface area (TPSA) is 45.2 Å².